The highest BCUT2D eigenvalue weighted by Gasteiger charge is 2.22. The summed E-state index contributed by atoms with van der Waals surface area (Å²) in [5.74, 6) is 0.820. The lowest BCUT2D eigenvalue weighted by Crippen LogP contribution is -2.44. The van der Waals surface area contributed by atoms with Gasteiger partial charge in [-0.2, -0.15) is 0 Å². The van der Waals surface area contributed by atoms with Gasteiger partial charge in [0.1, 0.15) is 0 Å². The van der Waals surface area contributed by atoms with Crippen LogP contribution in [0.3, 0.4) is 0 Å². The number of hydrogen-bond acceptors (Lipinski definition) is 5. The van der Waals surface area contributed by atoms with Gasteiger partial charge in [0.25, 0.3) is 5.91 Å². The molecule has 2 heterocycles. The molecule has 0 spiro atoms. The maximum atomic E-state index is 13.0. The fraction of sp³-hybridized carbons (Fsp3) is 0.333. The summed E-state index contributed by atoms with van der Waals surface area (Å²) in [5, 5.41) is 6.44. The largest absolute Gasteiger partial charge is 0.349 e. The van der Waals surface area contributed by atoms with E-state index in [0.29, 0.717) is 0 Å². The Morgan fingerprint density at radius 1 is 1.13 bits per heavy atom. The summed E-state index contributed by atoms with van der Waals surface area (Å²) in [5.41, 5.74) is 3.19. The van der Waals surface area contributed by atoms with E-state index >= 15 is 0 Å². The van der Waals surface area contributed by atoms with Crippen molar-refractivity contribution in [1.29, 1.82) is 0 Å². The van der Waals surface area contributed by atoms with Crippen molar-refractivity contribution in [2.45, 2.75) is 43.0 Å². The Hall–Kier alpha value is -2.15. The lowest BCUT2D eigenvalue weighted by Gasteiger charge is -2.32. The van der Waals surface area contributed by atoms with Crippen LogP contribution in [0, 0.1) is 6.92 Å². The number of nitrogens with zero attached hydrogens (tertiary/aromatic N) is 2. The van der Waals surface area contributed by atoms with Crippen molar-refractivity contribution < 1.29 is 4.79 Å². The molecule has 1 aliphatic heterocycles. The summed E-state index contributed by atoms with van der Waals surface area (Å²) in [7, 11) is 0. The fourth-order valence-electron chi connectivity index (χ4n) is 3.75. The van der Waals surface area contributed by atoms with Crippen molar-refractivity contribution in [3.05, 3.63) is 81.8 Å². The number of carbonyl (C=O) groups excluding carboxylic acids is 1. The topological polar surface area (TPSA) is 45.2 Å². The standard InChI is InChI=1S/C24H27N3OS2/c1-18-25-21(16-29-18)17-30-23-10-6-5-9-22(23)24(28)26-20-11-13-27(14-12-20)15-19-7-3-2-4-8-19/h2-10,16,20H,11-15,17H2,1H3,(H,26,28). The van der Waals surface area contributed by atoms with Gasteiger partial charge in [0.15, 0.2) is 0 Å². The zero-order chi connectivity index (χ0) is 20.8. The average molecular weight is 438 g/mol. The van der Waals surface area contributed by atoms with Crippen LogP contribution in [0.1, 0.15) is 39.5 Å². The van der Waals surface area contributed by atoms with Crippen LogP contribution in [0.4, 0.5) is 0 Å². The van der Waals surface area contributed by atoms with Gasteiger partial charge in [-0.05, 0) is 37.5 Å². The number of thioether (sulfide) groups is 1. The first kappa shape index (κ1) is 21.1. The van der Waals surface area contributed by atoms with Crippen molar-refractivity contribution in [2.75, 3.05) is 13.1 Å². The molecule has 1 fully saturated rings. The molecular formula is C24H27N3OS2. The van der Waals surface area contributed by atoms with Gasteiger partial charge < -0.3 is 5.32 Å². The van der Waals surface area contributed by atoms with Crippen LogP contribution in [0.15, 0.2) is 64.9 Å². The fourth-order valence-corrected chi connectivity index (χ4v) is 5.41. The molecule has 30 heavy (non-hydrogen) atoms. The number of benzene rings is 2. The molecule has 0 saturated carbocycles. The third-order valence-electron chi connectivity index (χ3n) is 5.35. The molecule has 156 valence electrons. The second-order valence-corrected chi connectivity index (χ2v) is 9.73. The first-order valence-corrected chi connectivity index (χ1v) is 12.2. The number of rotatable bonds is 7. The molecule has 1 saturated heterocycles. The molecule has 1 amide bonds. The minimum Gasteiger partial charge on any atom is -0.349 e. The Kier molecular flexibility index (Phi) is 7.20. The van der Waals surface area contributed by atoms with E-state index < -0.39 is 0 Å². The molecule has 0 bridgehead atoms. The molecule has 0 radical (unpaired) electrons. The number of thiazole rings is 1. The van der Waals surface area contributed by atoms with Crippen molar-refractivity contribution >= 4 is 29.0 Å². The highest BCUT2D eigenvalue weighted by Crippen LogP contribution is 2.27. The van der Waals surface area contributed by atoms with E-state index in [-0.39, 0.29) is 11.9 Å². The van der Waals surface area contributed by atoms with E-state index in [1.807, 2.05) is 31.2 Å². The number of amides is 1. The zero-order valence-electron chi connectivity index (χ0n) is 17.2. The number of aromatic nitrogens is 1. The first-order valence-electron chi connectivity index (χ1n) is 10.4. The number of hydrogen-bond donors (Lipinski definition) is 1. The molecule has 1 aliphatic rings. The smallest absolute Gasteiger partial charge is 0.252 e. The van der Waals surface area contributed by atoms with Gasteiger partial charge in [0, 0.05) is 41.7 Å². The highest BCUT2D eigenvalue weighted by atomic mass is 32.2. The van der Waals surface area contributed by atoms with E-state index in [1.165, 1.54) is 5.56 Å². The summed E-state index contributed by atoms with van der Waals surface area (Å²) < 4.78 is 0. The number of carbonyl (C=O) groups is 1. The molecule has 0 unspecified atom stereocenters. The monoisotopic (exact) mass is 437 g/mol. The van der Waals surface area contributed by atoms with Crippen molar-refractivity contribution in [3.8, 4) is 0 Å². The SMILES string of the molecule is Cc1nc(CSc2ccccc2C(=O)NC2CCN(Cc3ccccc3)CC2)cs1. The van der Waals surface area contributed by atoms with Gasteiger partial charge in [-0.25, -0.2) is 4.98 Å². The zero-order valence-corrected chi connectivity index (χ0v) is 18.8. The maximum Gasteiger partial charge on any atom is 0.252 e. The van der Waals surface area contributed by atoms with E-state index in [1.54, 1.807) is 23.1 Å². The van der Waals surface area contributed by atoms with Crippen LogP contribution < -0.4 is 5.32 Å². The third-order valence-corrected chi connectivity index (χ3v) is 7.28. The van der Waals surface area contributed by atoms with E-state index in [0.717, 1.165) is 59.4 Å². The summed E-state index contributed by atoms with van der Waals surface area (Å²) in [6.07, 6.45) is 1.98. The van der Waals surface area contributed by atoms with E-state index in [9.17, 15) is 4.79 Å². The van der Waals surface area contributed by atoms with Crippen molar-refractivity contribution in [1.82, 2.24) is 15.2 Å². The predicted octanol–water partition coefficient (Wildman–Crippen LogP) is 5.14. The lowest BCUT2D eigenvalue weighted by molar-refractivity contribution is 0.0906. The van der Waals surface area contributed by atoms with Gasteiger partial charge >= 0.3 is 0 Å². The van der Waals surface area contributed by atoms with Crippen LogP contribution in [0.2, 0.25) is 0 Å². The predicted molar refractivity (Wildman–Crippen MR) is 125 cm³/mol. The van der Waals surface area contributed by atoms with E-state index in [4.69, 9.17) is 0 Å². The van der Waals surface area contributed by atoms with Gasteiger partial charge in [-0.15, -0.1) is 23.1 Å². The summed E-state index contributed by atoms with van der Waals surface area (Å²) in [6.45, 7) is 5.03. The minimum absolute atomic E-state index is 0.0362. The number of nitrogens with one attached hydrogen (secondary N) is 1. The number of piperidine rings is 1. The van der Waals surface area contributed by atoms with Gasteiger partial charge in [-0.3, -0.25) is 9.69 Å². The number of aryl methyl sites for hydroxylation is 1. The van der Waals surface area contributed by atoms with Crippen LogP contribution in [0.25, 0.3) is 0 Å². The minimum atomic E-state index is 0.0362. The van der Waals surface area contributed by atoms with Crippen molar-refractivity contribution in [2.24, 2.45) is 0 Å². The summed E-state index contributed by atoms with van der Waals surface area (Å²) in [6, 6.07) is 18.7. The van der Waals surface area contributed by atoms with Crippen molar-refractivity contribution in [3.63, 3.8) is 0 Å². The molecule has 2 aromatic carbocycles. The molecule has 0 aliphatic carbocycles. The Labute approximate surface area is 186 Å². The van der Waals surface area contributed by atoms with E-state index in [2.05, 4.69) is 50.9 Å². The second kappa shape index (κ2) is 10.2. The van der Waals surface area contributed by atoms with Crippen LogP contribution in [-0.4, -0.2) is 34.9 Å². The summed E-state index contributed by atoms with van der Waals surface area (Å²) in [4.78, 5) is 21.0. The molecular weight excluding hydrogens is 410 g/mol. The molecule has 1 N–H and O–H groups in total. The lowest BCUT2D eigenvalue weighted by atomic mass is 10.0. The highest BCUT2D eigenvalue weighted by molar-refractivity contribution is 7.98. The van der Waals surface area contributed by atoms with Gasteiger partial charge in [0.2, 0.25) is 0 Å². The van der Waals surface area contributed by atoms with Crippen LogP contribution in [-0.2, 0) is 12.3 Å². The van der Waals surface area contributed by atoms with Crippen LogP contribution >= 0.6 is 23.1 Å². The van der Waals surface area contributed by atoms with Gasteiger partial charge in [0.05, 0.1) is 16.3 Å². The van der Waals surface area contributed by atoms with Gasteiger partial charge in [-0.1, -0.05) is 42.5 Å². The normalized spacial score (nSPS) is 15.2. The molecule has 4 nitrogen and oxygen atoms in total. The molecule has 6 heteroatoms. The molecule has 3 aromatic rings. The Balaban J connectivity index is 1.30. The Morgan fingerprint density at radius 3 is 2.60 bits per heavy atom. The molecule has 1 aromatic heterocycles. The quantitative estimate of drug-likeness (QED) is 0.520. The van der Waals surface area contributed by atoms with Crippen LogP contribution in [0.5, 0.6) is 0 Å². The Bertz CT molecular complexity index is 965. The first-order chi connectivity index (χ1) is 14.7. The maximum absolute atomic E-state index is 13.0. The second-order valence-electron chi connectivity index (χ2n) is 7.65. The number of likely N-dealkylation sites (tertiary alicyclic amines) is 1. The Morgan fingerprint density at radius 2 is 1.87 bits per heavy atom. The average Bonchev–Trinajstić information content (AvgIpc) is 3.20. The molecule has 0 atom stereocenters. The molecule has 4 rings (SSSR count). The summed E-state index contributed by atoms with van der Waals surface area (Å²) >= 11 is 3.35. The third kappa shape index (κ3) is 5.72.